The van der Waals surface area contributed by atoms with Crippen LogP contribution in [0.1, 0.15) is 36.0 Å². The summed E-state index contributed by atoms with van der Waals surface area (Å²) in [6.07, 6.45) is 0. The van der Waals surface area contributed by atoms with Crippen molar-refractivity contribution in [3.63, 3.8) is 0 Å². The molecule has 17 heavy (non-hydrogen) atoms. The fourth-order valence-corrected chi connectivity index (χ4v) is 2.46. The van der Waals surface area contributed by atoms with Gasteiger partial charge >= 0.3 is 0 Å². The van der Waals surface area contributed by atoms with Gasteiger partial charge in [0.2, 0.25) is 0 Å². The van der Waals surface area contributed by atoms with Crippen molar-refractivity contribution in [2.75, 3.05) is 17.6 Å². The largest absolute Gasteiger partial charge is 0.396 e. The van der Waals surface area contributed by atoms with Crippen LogP contribution in [0.5, 0.6) is 0 Å². The maximum absolute atomic E-state index is 11.7. The van der Waals surface area contributed by atoms with Crippen LogP contribution < -0.4 is 16.4 Å². The van der Waals surface area contributed by atoms with Gasteiger partial charge in [-0.15, -0.1) is 11.3 Å². The van der Waals surface area contributed by atoms with E-state index in [4.69, 9.17) is 11.0 Å². The highest BCUT2D eigenvalue weighted by Gasteiger charge is 2.20. The maximum Gasteiger partial charge on any atom is 0.263 e. The first-order valence-corrected chi connectivity index (χ1v) is 6.20. The van der Waals surface area contributed by atoms with Crippen LogP contribution in [0.3, 0.4) is 0 Å². The molecule has 1 aromatic rings. The van der Waals surface area contributed by atoms with Crippen LogP contribution in [-0.4, -0.2) is 18.5 Å². The van der Waals surface area contributed by atoms with E-state index in [0.717, 1.165) is 0 Å². The number of nitrogen functional groups attached to an aromatic ring is 1. The molecule has 5 nitrogen and oxygen atoms in total. The highest BCUT2D eigenvalue weighted by molar-refractivity contribution is 7.18. The van der Waals surface area contributed by atoms with Crippen molar-refractivity contribution in [3.05, 3.63) is 10.4 Å². The number of nitriles is 1. The summed E-state index contributed by atoms with van der Waals surface area (Å²) in [5.41, 5.74) is 6.42. The molecule has 0 fully saturated rings. The molecule has 1 amide bonds. The second kappa shape index (κ2) is 5.55. The van der Waals surface area contributed by atoms with Gasteiger partial charge in [-0.25, -0.2) is 0 Å². The Morgan fingerprint density at radius 1 is 1.59 bits per heavy atom. The third kappa shape index (κ3) is 2.88. The Morgan fingerprint density at radius 3 is 2.71 bits per heavy atom. The summed E-state index contributed by atoms with van der Waals surface area (Å²) < 4.78 is 0. The molecule has 1 rings (SSSR count). The molecule has 0 aliphatic carbocycles. The van der Waals surface area contributed by atoms with Gasteiger partial charge in [-0.1, -0.05) is 0 Å². The van der Waals surface area contributed by atoms with Gasteiger partial charge in [-0.3, -0.25) is 4.79 Å². The van der Waals surface area contributed by atoms with Crippen molar-refractivity contribution in [2.24, 2.45) is 0 Å². The molecule has 0 atom stereocenters. The zero-order chi connectivity index (χ0) is 13.0. The first-order chi connectivity index (χ1) is 8.01. The summed E-state index contributed by atoms with van der Waals surface area (Å²) in [5, 5.41) is 15.5. The highest BCUT2D eigenvalue weighted by atomic mass is 32.1. The minimum Gasteiger partial charge on any atom is -0.396 e. The molecule has 0 saturated carbocycles. The summed E-state index contributed by atoms with van der Waals surface area (Å²) in [6, 6.07) is 2.21. The fourth-order valence-electron chi connectivity index (χ4n) is 1.33. The highest BCUT2D eigenvalue weighted by Crippen LogP contribution is 2.35. The summed E-state index contributed by atoms with van der Waals surface area (Å²) in [5.74, 6) is -0.233. The Hall–Kier alpha value is -1.74. The lowest BCUT2D eigenvalue weighted by molar-refractivity contribution is 0.0960. The summed E-state index contributed by atoms with van der Waals surface area (Å²) in [7, 11) is 0. The van der Waals surface area contributed by atoms with Crippen molar-refractivity contribution in [1.29, 1.82) is 5.26 Å². The average Bonchev–Trinajstić information content (AvgIpc) is 2.54. The first-order valence-electron chi connectivity index (χ1n) is 5.38. The fraction of sp³-hybridized carbons (Fsp3) is 0.455. The van der Waals surface area contributed by atoms with E-state index in [2.05, 4.69) is 10.6 Å². The van der Waals surface area contributed by atoms with E-state index in [1.807, 2.05) is 26.8 Å². The first kappa shape index (κ1) is 13.3. The third-order valence-corrected chi connectivity index (χ3v) is 3.16. The van der Waals surface area contributed by atoms with Gasteiger partial charge in [0.25, 0.3) is 5.91 Å². The maximum atomic E-state index is 11.7. The number of carbonyl (C=O) groups excluding carboxylic acids is 1. The van der Waals surface area contributed by atoms with E-state index in [1.165, 1.54) is 11.3 Å². The van der Waals surface area contributed by atoms with Gasteiger partial charge in [0.05, 0.1) is 5.69 Å². The lowest BCUT2D eigenvalue weighted by atomic mass is 10.2. The number of amides is 1. The lowest BCUT2D eigenvalue weighted by Gasteiger charge is -2.06. The minimum absolute atomic E-state index is 0.183. The quantitative estimate of drug-likeness (QED) is 0.761. The van der Waals surface area contributed by atoms with Gasteiger partial charge in [0.1, 0.15) is 21.5 Å². The average molecular weight is 252 g/mol. The van der Waals surface area contributed by atoms with Crippen molar-refractivity contribution < 1.29 is 4.79 Å². The molecule has 1 heterocycles. The lowest BCUT2D eigenvalue weighted by Crippen LogP contribution is -2.22. The number of thiophene rings is 1. The number of nitrogens with two attached hydrogens (primary N) is 1. The van der Waals surface area contributed by atoms with Gasteiger partial charge < -0.3 is 16.4 Å². The molecule has 0 aromatic carbocycles. The van der Waals surface area contributed by atoms with Gasteiger partial charge in [0, 0.05) is 12.6 Å². The van der Waals surface area contributed by atoms with Crippen LogP contribution in [0.25, 0.3) is 0 Å². The van der Waals surface area contributed by atoms with E-state index < -0.39 is 0 Å². The molecule has 0 unspecified atom stereocenters. The summed E-state index contributed by atoms with van der Waals surface area (Å²) in [4.78, 5) is 12.1. The molecule has 0 saturated heterocycles. The topological polar surface area (TPSA) is 90.9 Å². The van der Waals surface area contributed by atoms with Crippen LogP contribution in [-0.2, 0) is 0 Å². The zero-order valence-electron chi connectivity index (χ0n) is 10.1. The number of nitrogens with zero attached hydrogens (tertiary/aromatic N) is 1. The Balaban J connectivity index is 3.14. The van der Waals surface area contributed by atoms with Crippen molar-refractivity contribution >= 4 is 27.9 Å². The zero-order valence-corrected chi connectivity index (χ0v) is 10.9. The monoisotopic (exact) mass is 252 g/mol. The Morgan fingerprint density at radius 2 is 2.24 bits per heavy atom. The Bertz CT molecular complexity index is 459. The number of anilines is 2. The third-order valence-electron chi connectivity index (χ3n) is 2.02. The Kier molecular flexibility index (Phi) is 4.35. The van der Waals surface area contributed by atoms with E-state index in [0.29, 0.717) is 22.0 Å². The van der Waals surface area contributed by atoms with Crippen molar-refractivity contribution in [1.82, 2.24) is 5.32 Å². The standard InChI is InChI=1S/C11H16N4OS/c1-4-14-10(16)9-8(13)7(5-12)11(17-9)15-6(2)3/h6,15H,4,13H2,1-3H3,(H,14,16). The summed E-state index contributed by atoms with van der Waals surface area (Å²) >= 11 is 1.22. The smallest absolute Gasteiger partial charge is 0.263 e. The predicted octanol–water partition coefficient (Wildman–Crippen LogP) is 1.77. The van der Waals surface area contributed by atoms with Crippen molar-refractivity contribution in [3.8, 4) is 6.07 Å². The molecule has 0 bridgehead atoms. The minimum atomic E-state index is -0.233. The predicted molar refractivity (Wildman–Crippen MR) is 70.2 cm³/mol. The van der Waals surface area contributed by atoms with Crippen molar-refractivity contribution in [2.45, 2.75) is 26.8 Å². The van der Waals surface area contributed by atoms with Gasteiger partial charge in [0.15, 0.2) is 0 Å². The van der Waals surface area contributed by atoms with Crippen LogP contribution in [0.15, 0.2) is 0 Å². The van der Waals surface area contributed by atoms with Crippen LogP contribution in [0, 0.1) is 11.3 Å². The van der Waals surface area contributed by atoms with Crippen LogP contribution >= 0.6 is 11.3 Å². The number of rotatable bonds is 4. The number of carbonyl (C=O) groups is 1. The van der Waals surface area contributed by atoms with Crippen LogP contribution in [0.2, 0.25) is 0 Å². The molecule has 4 N–H and O–H groups in total. The molecular weight excluding hydrogens is 236 g/mol. The Labute approximate surface area is 105 Å². The molecule has 0 spiro atoms. The molecule has 0 aliphatic heterocycles. The number of hydrogen-bond donors (Lipinski definition) is 3. The van der Waals surface area contributed by atoms with E-state index in [1.54, 1.807) is 0 Å². The summed E-state index contributed by atoms with van der Waals surface area (Å²) in [6.45, 7) is 6.29. The number of hydrogen-bond acceptors (Lipinski definition) is 5. The van der Waals surface area contributed by atoms with Gasteiger partial charge in [-0.05, 0) is 20.8 Å². The molecule has 0 radical (unpaired) electrons. The molecule has 0 aliphatic rings. The second-order valence-electron chi connectivity index (χ2n) is 3.82. The SMILES string of the molecule is CCNC(=O)c1sc(NC(C)C)c(C#N)c1N. The van der Waals surface area contributed by atoms with E-state index in [-0.39, 0.29) is 17.6 Å². The molecule has 1 aromatic heterocycles. The normalized spacial score (nSPS) is 10.1. The van der Waals surface area contributed by atoms with Crippen LogP contribution in [0.4, 0.5) is 10.7 Å². The van der Waals surface area contributed by atoms with E-state index >= 15 is 0 Å². The molecule has 6 heteroatoms. The molecule has 92 valence electrons. The van der Waals surface area contributed by atoms with E-state index in [9.17, 15) is 4.79 Å². The van der Waals surface area contributed by atoms with Gasteiger partial charge in [-0.2, -0.15) is 5.26 Å². The second-order valence-corrected chi connectivity index (χ2v) is 4.84. The number of nitrogens with one attached hydrogen (secondary N) is 2. The molecular formula is C11H16N4OS.